The molecular weight excluding hydrogens is 334 g/mol. The zero-order valence-corrected chi connectivity index (χ0v) is 14.0. The summed E-state index contributed by atoms with van der Waals surface area (Å²) in [4.78, 5) is 20.9. The molecular formula is C19H17N3O4. The maximum atomic E-state index is 12.3. The van der Waals surface area contributed by atoms with Crippen molar-refractivity contribution < 1.29 is 19.0 Å². The Hall–Kier alpha value is -3.35. The molecule has 2 N–H and O–H groups in total. The van der Waals surface area contributed by atoms with Gasteiger partial charge in [0.2, 0.25) is 0 Å². The molecule has 0 bridgehead atoms. The van der Waals surface area contributed by atoms with E-state index < -0.39 is 5.97 Å². The number of nitrogens with zero attached hydrogens (tertiary/aromatic N) is 2. The third kappa shape index (κ3) is 3.23. The molecule has 4 rings (SSSR count). The van der Waals surface area contributed by atoms with Crippen LogP contribution >= 0.6 is 0 Å². The molecule has 1 aliphatic rings. The van der Waals surface area contributed by atoms with Crippen LogP contribution in [0.15, 0.2) is 42.5 Å². The van der Waals surface area contributed by atoms with Crippen molar-refractivity contribution in [3.8, 4) is 11.5 Å². The first-order valence-corrected chi connectivity index (χ1v) is 8.28. The molecule has 0 atom stereocenters. The number of esters is 1. The Kier molecular flexibility index (Phi) is 4.27. The molecule has 2 aromatic carbocycles. The number of hydrogen-bond acceptors (Lipinski definition) is 7. The Morgan fingerprint density at radius 1 is 1.08 bits per heavy atom. The number of nitrogen functional groups attached to an aromatic ring is 1. The monoisotopic (exact) mass is 351 g/mol. The lowest BCUT2D eigenvalue weighted by molar-refractivity contribution is 0.0462. The van der Waals surface area contributed by atoms with E-state index in [0.717, 1.165) is 11.8 Å². The highest BCUT2D eigenvalue weighted by atomic mass is 16.5. The fourth-order valence-electron chi connectivity index (χ4n) is 2.72. The first-order chi connectivity index (χ1) is 12.7. The van der Waals surface area contributed by atoms with Gasteiger partial charge in [-0.3, -0.25) is 0 Å². The van der Waals surface area contributed by atoms with Gasteiger partial charge in [0.25, 0.3) is 0 Å². The Morgan fingerprint density at radius 2 is 1.88 bits per heavy atom. The molecule has 26 heavy (non-hydrogen) atoms. The number of nitrogens with two attached hydrogens (primary N) is 1. The zero-order chi connectivity index (χ0) is 17.9. The number of anilines is 1. The summed E-state index contributed by atoms with van der Waals surface area (Å²) in [6.07, 6.45) is 0.801. The molecule has 2 heterocycles. The van der Waals surface area contributed by atoms with Crippen LogP contribution in [0.1, 0.15) is 22.6 Å². The number of rotatable bonds is 3. The Morgan fingerprint density at radius 3 is 2.77 bits per heavy atom. The normalized spacial score (nSPS) is 13.2. The van der Waals surface area contributed by atoms with Gasteiger partial charge < -0.3 is 19.9 Å². The van der Waals surface area contributed by atoms with Gasteiger partial charge in [0.1, 0.15) is 5.82 Å². The van der Waals surface area contributed by atoms with Crippen molar-refractivity contribution >= 4 is 22.7 Å². The quantitative estimate of drug-likeness (QED) is 0.725. The Labute approximate surface area is 149 Å². The predicted octanol–water partition coefficient (Wildman–Crippen LogP) is 2.73. The summed E-state index contributed by atoms with van der Waals surface area (Å²) < 4.78 is 16.5. The fraction of sp³-hybridized carbons (Fsp3) is 0.211. The van der Waals surface area contributed by atoms with Gasteiger partial charge in [-0.15, -0.1) is 0 Å². The molecule has 0 radical (unpaired) electrons. The summed E-state index contributed by atoms with van der Waals surface area (Å²) in [5.41, 5.74) is 7.03. The van der Waals surface area contributed by atoms with Crippen molar-refractivity contribution in [2.24, 2.45) is 0 Å². The molecule has 0 spiro atoms. The fourth-order valence-corrected chi connectivity index (χ4v) is 2.72. The second-order valence-electron chi connectivity index (χ2n) is 5.83. The van der Waals surface area contributed by atoms with Gasteiger partial charge >= 0.3 is 5.97 Å². The van der Waals surface area contributed by atoms with E-state index in [4.69, 9.17) is 19.9 Å². The molecule has 3 aromatic rings. The third-order valence-corrected chi connectivity index (χ3v) is 3.99. The smallest absolute Gasteiger partial charge is 0.338 e. The van der Waals surface area contributed by atoms with E-state index in [9.17, 15) is 4.79 Å². The molecule has 0 aliphatic carbocycles. The number of carbonyl (C=O) groups excluding carboxylic acids is 1. The van der Waals surface area contributed by atoms with Gasteiger partial charge in [-0.05, 0) is 30.3 Å². The van der Waals surface area contributed by atoms with Gasteiger partial charge in [0.15, 0.2) is 23.9 Å². The summed E-state index contributed by atoms with van der Waals surface area (Å²) in [7, 11) is 0. The van der Waals surface area contributed by atoms with E-state index in [1.165, 1.54) is 0 Å². The van der Waals surface area contributed by atoms with Crippen LogP contribution in [-0.4, -0.2) is 29.2 Å². The second-order valence-corrected chi connectivity index (χ2v) is 5.83. The number of para-hydroxylation sites is 1. The maximum absolute atomic E-state index is 12.3. The van der Waals surface area contributed by atoms with Crippen LogP contribution in [0, 0.1) is 0 Å². The number of carbonyl (C=O) groups is 1. The van der Waals surface area contributed by atoms with E-state index in [1.54, 1.807) is 18.2 Å². The van der Waals surface area contributed by atoms with Crippen LogP contribution in [0.5, 0.6) is 11.5 Å². The van der Waals surface area contributed by atoms with Crippen LogP contribution < -0.4 is 15.2 Å². The van der Waals surface area contributed by atoms with E-state index in [-0.39, 0.29) is 6.61 Å². The predicted molar refractivity (Wildman–Crippen MR) is 95.1 cm³/mol. The summed E-state index contributed by atoms with van der Waals surface area (Å²) in [6, 6.07) is 12.4. The Balaban J connectivity index is 1.50. The second kappa shape index (κ2) is 6.87. The number of fused-ring (bicyclic) bond motifs is 2. The lowest BCUT2D eigenvalue weighted by atomic mass is 10.2. The molecule has 0 saturated heterocycles. The minimum Gasteiger partial charge on any atom is -0.490 e. The lowest BCUT2D eigenvalue weighted by Crippen LogP contribution is -2.09. The molecule has 1 aromatic heterocycles. The molecule has 0 saturated carbocycles. The Bertz CT molecular complexity index is 974. The summed E-state index contributed by atoms with van der Waals surface area (Å²) in [6.45, 7) is 1.08. The van der Waals surface area contributed by atoms with Gasteiger partial charge in [-0.2, -0.15) is 0 Å². The minimum atomic E-state index is -0.490. The highest BCUT2D eigenvalue weighted by molar-refractivity contribution is 5.90. The third-order valence-electron chi connectivity index (χ3n) is 3.99. The van der Waals surface area contributed by atoms with Crippen molar-refractivity contribution in [1.82, 2.24) is 9.97 Å². The summed E-state index contributed by atoms with van der Waals surface area (Å²) in [5.74, 6) is 1.39. The summed E-state index contributed by atoms with van der Waals surface area (Å²) in [5, 5.41) is 0.769. The largest absolute Gasteiger partial charge is 0.490 e. The number of hydrogen-bond donors (Lipinski definition) is 1. The summed E-state index contributed by atoms with van der Waals surface area (Å²) >= 11 is 0. The van der Waals surface area contributed by atoms with Crippen molar-refractivity contribution in [3.05, 3.63) is 53.9 Å². The maximum Gasteiger partial charge on any atom is 0.338 e. The SMILES string of the molecule is Nc1nc(COC(=O)c2ccc3c(c2)OCCCO3)nc2ccccc12. The zero-order valence-electron chi connectivity index (χ0n) is 14.0. The van der Waals surface area contributed by atoms with Crippen LogP contribution in [0.25, 0.3) is 10.9 Å². The van der Waals surface area contributed by atoms with Crippen molar-refractivity contribution in [1.29, 1.82) is 0 Å². The number of ether oxygens (including phenoxy) is 3. The van der Waals surface area contributed by atoms with E-state index >= 15 is 0 Å². The van der Waals surface area contributed by atoms with Gasteiger partial charge in [0.05, 0.1) is 24.3 Å². The standard InChI is InChI=1S/C19H17N3O4/c20-18-13-4-1-2-5-14(13)21-17(22-18)11-26-19(23)12-6-7-15-16(10-12)25-9-3-8-24-15/h1-2,4-7,10H,3,8-9,11H2,(H2,20,21,22). The van der Waals surface area contributed by atoms with Crippen LogP contribution in [0.4, 0.5) is 5.82 Å². The highest BCUT2D eigenvalue weighted by Gasteiger charge is 2.16. The molecule has 0 unspecified atom stereocenters. The van der Waals surface area contributed by atoms with Crippen molar-refractivity contribution in [3.63, 3.8) is 0 Å². The van der Waals surface area contributed by atoms with Crippen molar-refractivity contribution in [2.45, 2.75) is 13.0 Å². The molecule has 132 valence electrons. The number of aromatic nitrogens is 2. The van der Waals surface area contributed by atoms with E-state index in [0.29, 0.717) is 47.4 Å². The first kappa shape index (κ1) is 16.1. The van der Waals surface area contributed by atoms with Gasteiger partial charge in [-0.1, -0.05) is 12.1 Å². The van der Waals surface area contributed by atoms with Crippen LogP contribution in [0.3, 0.4) is 0 Å². The molecule has 7 nitrogen and oxygen atoms in total. The molecule has 7 heteroatoms. The average molecular weight is 351 g/mol. The van der Waals surface area contributed by atoms with E-state index in [2.05, 4.69) is 9.97 Å². The minimum absolute atomic E-state index is 0.0672. The van der Waals surface area contributed by atoms with Crippen LogP contribution in [0.2, 0.25) is 0 Å². The molecule has 0 fully saturated rings. The average Bonchev–Trinajstić information content (AvgIpc) is 2.91. The molecule has 0 amide bonds. The molecule has 1 aliphatic heterocycles. The van der Waals surface area contributed by atoms with Crippen LogP contribution in [-0.2, 0) is 11.3 Å². The van der Waals surface area contributed by atoms with Crippen molar-refractivity contribution in [2.75, 3.05) is 18.9 Å². The lowest BCUT2D eigenvalue weighted by Gasteiger charge is -2.10. The number of benzene rings is 2. The van der Waals surface area contributed by atoms with Gasteiger partial charge in [-0.25, -0.2) is 14.8 Å². The van der Waals surface area contributed by atoms with E-state index in [1.807, 2.05) is 24.3 Å². The topological polar surface area (TPSA) is 96.6 Å². The van der Waals surface area contributed by atoms with Gasteiger partial charge in [0, 0.05) is 11.8 Å². The highest BCUT2D eigenvalue weighted by Crippen LogP contribution is 2.30. The first-order valence-electron chi connectivity index (χ1n) is 8.28.